The molecular weight excluding hydrogens is 252 g/mol. The molecule has 0 saturated carbocycles. The van der Waals surface area contributed by atoms with Crippen molar-refractivity contribution in [1.82, 2.24) is 4.98 Å². The smallest absolute Gasteiger partial charge is 0.223 e. The second-order valence-electron chi connectivity index (χ2n) is 3.70. The number of hydrogen-bond acceptors (Lipinski definition) is 5. The van der Waals surface area contributed by atoms with Gasteiger partial charge in [0, 0.05) is 12.7 Å². The van der Waals surface area contributed by atoms with Crippen LogP contribution in [0, 0.1) is 0 Å². The first-order valence-electron chi connectivity index (χ1n) is 5.23. The summed E-state index contributed by atoms with van der Waals surface area (Å²) in [4.78, 5) is 3.94. The number of nitrogens with zero attached hydrogens (tertiary/aromatic N) is 1. The van der Waals surface area contributed by atoms with Crippen molar-refractivity contribution in [3.8, 4) is 5.75 Å². The summed E-state index contributed by atoms with van der Waals surface area (Å²) < 4.78 is 24.5. The number of aromatic hydroxyl groups is 1. The van der Waals surface area contributed by atoms with Gasteiger partial charge in [-0.2, -0.15) is 0 Å². The Hall–Kier alpha value is -1.92. The van der Waals surface area contributed by atoms with Crippen molar-refractivity contribution in [3.63, 3.8) is 0 Å². The van der Waals surface area contributed by atoms with Gasteiger partial charge in [-0.3, -0.25) is 0 Å². The van der Waals surface area contributed by atoms with Gasteiger partial charge in [0.2, 0.25) is 9.84 Å². The van der Waals surface area contributed by atoms with Crippen LogP contribution in [0.15, 0.2) is 52.5 Å². The van der Waals surface area contributed by atoms with E-state index in [-0.39, 0.29) is 22.2 Å². The van der Waals surface area contributed by atoms with Crippen LogP contribution in [0.3, 0.4) is 0 Å². The average molecular weight is 264 g/mol. The van der Waals surface area contributed by atoms with Gasteiger partial charge in [-0.25, -0.2) is 13.4 Å². The van der Waals surface area contributed by atoms with Crippen molar-refractivity contribution in [2.45, 2.75) is 16.5 Å². The third-order valence-corrected chi connectivity index (χ3v) is 4.12. The fourth-order valence-corrected chi connectivity index (χ4v) is 2.71. The van der Waals surface area contributed by atoms with Gasteiger partial charge in [0.1, 0.15) is 5.75 Å². The lowest BCUT2D eigenvalue weighted by Crippen LogP contribution is -2.06. The molecule has 6 heteroatoms. The number of phenols is 1. The summed E-state index contributed by atoms with van der Waals surface area (Å²) in [5, 5.41) is 9.10. The van der Waals surface area contributed by atoms with Crippen LogP contribution in [0.25, 0.3) is 0 Å². The van der Waals surface area contributed by atoms with Crippen LogP contribution in [-0.4, -0.2) is 18.5 Å². The van der Waals surface area contributed by atoms with Crippen LogP contribution in [0.5, 0.6) is 5.75 Å². The van der Waals surface area contributed by atoms with Crippen molar-refractivity contribution in [1.29, 1.82) is 0 Å². The van der Waals surface area contributed by atoms with Crippen LogP contribution >= 0.6 is 0 Å². The highest BCUT2D eigenvalue weighted by Gasteiger charge is 2.19. The predicted octanol–water partition coefficient (Wildman–Crippen LogP) is 1.08. The van der Waals surface area contributed by atoms with Crippen LogP contribution in [0.2, 0.25) is 0 Å². The first-order valence-corrected chi connectivity index (χ1v) is 6.71. The minimum absolute atomic E-state index is 0.0117. The third-order valence-electron chi connectivity index (χ3n) is 2.46. The molecular formula is C12H12N2O3S. The van der Waals surface area contributed by atoms with E-state index >= 15 is 0 Å². The van der Waals surface area contributed by atoms with Gasteiger partial charge in [0.25, 0.3) is 0 Å². The Bertz CT molecular complexity index is 651. The van der Waals surface area contributed by atoms with Crippen LogP contribution < -0.4 is 5.73 Å². The van der Waals surface area contributed by atoms with E-state index in [1.54, 1.807) is 6.07 Å². The van der Waals surface area contributed by atoms with Gasteiger partial charge in [0.15, 0.2) is 5.03 Å². The number of rotatable bonds is 3. The van der Waals surface area contributed by atoms with E-state index in [2.05, 4.69) is 4.98 Å². The quantitative estimate of drug-likeness (QED) is 0.865. The Morgan fingerprint density at radius 3 is 2.44 bits per heavy atom. The molecule has 3 N–H and O–H groups in total. The molecule has 0 amide bonds. The molecule has 0 atom stereocenters. The SMILES string of the molecule is NCc1ccnc(S(=O)(=O)c2ccc(O)cc2)c1. The molecule has 0 fully saturated rings. The zero-order valence-electron chi connectivity index (χ0n) is 9.45. The van der Waals surface area contributed by atoms with Crippen molar-refractivity contribution in [2.75, 3.05) is 0 Å². The highest BCUT2D eigenvalue weighted by Crippen LogP contribution is 2.21. The minimum Gasteiger partial charge on any atom is -0.508 e. The second-order valence-corrected chi connectivity index (χ2v) is 5.60. The molecule has 0 aliphatic carbocycles. The maximum Gasteiger partial charge on any atom is 0.223 e. The summed E-state index contributed by atoms with van der Waals surface area (Å²) in [5.41, 5.74) is 6.16. The van der Waals surface area contributed by atoms with Gasteiger partial charge in [0.05, 0.1) is 4.90 Å². The number of aromatic nitrogens is 1. The number of nitrogens with two attached hydrogens (primary N) is 1. The lowest BCUT2D eigenvalue weighted by molar-refractivity contribution is 0.475. The van der Waals surface area contributed by atoms with E-state index in [1.165, 1.54) is 36.5 Å². The maximum absolute atomic E-state index is 12.2. The third kappa shape index (κ3) is 2.34. The first kappa shape index (κ1) is 12.5. The monoisotopic (exact) mass is 264 g/mol. The zero-order chi connectivity index (χ0) is 13.2. The molecule has 1 aromatic carbocycles. The fraction of sp³-hybridized carbons (Fsp3) is 0.0833. The van der Waals surface area contributed by atoms with E-state index in [0.717, 1.165) is 0 Å². The summed E-state index contributed by atoms with van der Waals surface area (Å²) in [6, 6.07) is 8.42. The Kier molecular flexibility index (Phi) is 3.31. The van der Waals surface area contributed by atoms with Crippen molar-refractivity contribution in [2.24, 2.45) is 5.73 Å². The topological polar surface area (TPSA) is 93.3 Å². The summed E-state index contributed by atoms with van der Waals surface area (Å²) in [7, 11) is -3.67. The van der Waals surface area contributed by atoms with Crippen LogP contribution in [0.4, 0.5) is 0 Å². The van der Waals surface area contributed by atoms with E-state index in [9.17, 15) is 8.42 Å². The molecule has 5 nitrogen and oxygen atoms in total. The molecule has 18 heavy (non-hydrogen) atoms. The van der Waals surface area contributed by atoms with Crippen molar-refractivity contribution >= 4 is 9.84 Å². The summed E-state index contributed by atoms with van der Waals surface area (Å²) >= 11 is 0. The van der Waals surface area contributed by atoms with E-state index in [4.69, 9.17) is 10.8 Å². The summed E-state index contributed by atoms with van der Waals surface area (Å²) in [5.74, 6) is 0.0117. The zero-order valence-corrected chi connectivity index (χ0v) is 10.3. The minimum atomic E-state index is -3.67. The first-order chi connectivity index (χ1) is 8.54. The molecule has 0 saturated heterocycles. The molecule has 0 bridgehead atoms. The van der Waals surface area contributed by atoms with Gasteiger partial charge >= 0.3 is 0 Å². The fourth-order valence-electron chi connectivity index (χ4n) is 1.47. The van der Waals surface area contributed by atoms with Crippen molar-refractivity contribution in [3.05, 3.63) is 48.2 Å². The highest BCUT2D eigenvalue weighted by molar-refractivity contribution is 7.91. The van der Waals surface area contributed by atoms with Gasteiger partial charge in [-0.15, -0.1) is 0 Å². The van der Waals surface area contributed by atoms with Crippen molar-refractivity contribution < 1.29 is 13.5 Å². The Labute approximate surface area is 105 Å². The molecule has 0 spiro atoms. The molecule has 0 aliphatic rings. The van der Waals surface area contributed by atoms with E-state index in [0.29, 0.717) is 5.56 Å². The van der Waals surface area contributed by atoms with E-state index in [1.807, 2.05) is 0 Å². The standard InChI is InChI=1S/C12H12N2O3S/c13-8-9-5-6-14-12(7-9)18(16,17)11-3-1-10(15)2-4-11/h1-7,15H,8,13H2. The molecule has 1 heterocycles. The molecule has 0 radical (unpaired) electrons. The lowest BCUT2D eigenvalue weighted by Gasteiger charge is -2.05. The lowest BCUT2D eigenvalue weighted by atomic mass is 10.3. The van der Waals surface area contributed by atoms with Gasteiger partial charge in [-0.05, 0) is 42.0 Å². The molecule has 2 aromatic rings. The Morgan fingerprint density at radius 2 is 1.83 bits per heavy atom. The molecule has 1 aromatic heterocycles. The molecule has 2 rings (SSSR count). The van der Waals surface area contributed by atoms with Gasteiger partial charge in [-0.1, -0.05) is 0 Å². The number of phenolic OH excluding ortho intramolecular Hbond substituents is 1. The summed E-state index contributed by atoms with van der Waals surface area (Å²) in [6.07, 6.45) is 1.41. The average Bonchev–Trinajstić information content (AvgIpc) is 2.39. The number of sulfone groups is 1. The molecule has 94 valence electrons. The predicted molar refractivity (Wildman–Crippen MR) is 65.7 cm³/mol. The summed E-state index contributed by atoms with van der Waals surface area (Å²) in [6.45, 7) is 0.251. The highest BCUT2D eigenvalue weighted by atomic mass is 32.2. The Balaban J connectivity index is 2.50. The molecule has 0 unspecified atom stereocenters. The van der Waals surface area contributed by atoms with E-state index < -0.39 is 9.84 Å². The normalized spacial score (nSPS) is 11.4. The number of benzene rings is 1. The Morgan fingerprint density at radius 1 is 1.17 bits per heavy atom. The maximum atomic E-state index is 12.2. The second kappa shape index (κ2) is 4.75. The van der Waals surface area contributed by atoms with Gasteiger partial charge < -0.3 is 10.8 Å². The largest absolute Gasteiger partial charge is 0.508 e. The number of pyridine rings is 1. The van der Waals surface area contributed by atoms with Crippen LogP contribution in [-0.2, 0) is 16.4 Å². The van der Waals surface area contributed by atoms with Crippen LogP contribution in [0.1, 0.15) is 5.56 Å². The molecule has 0 aliphatic heterocycles. The number of hydrogen-bond donors (Lipinski definition) is 2.